The summed E-state index contributed by atoms with van der Waals surface area (Å²) in [4.78, 5) is 11.9. The molecule has 0 radical (unpaired) electrons. The van der Waals surface area contributed by atoms with Crippen molar-refractivity contribution in [3.05, 3.63) is 29.8 Å². The fourth-order valence-electron chi connectivity index (χ4n) is 3.08. The van der Waals surface area contributed by atoms with Crippen molar-refractivity contribution >= 4 is 11.6 Å². The quantitative estimate of drug-likeness (QED) is 0.823. The smallest absolute Gasteiger partial charge is 0.251 e. The van der Waals surface area contributed by atoms with E-state index in [0.717, 1.165) is 30.0 Å². The Kier molecular flexibility index (Phi) is 4.47. The number of carbonyl (C=O) groups is 1. The van der Waals surface area contributed by atoms with Crippen LogP contribution in [0.2, 0.25) is 0 Å². The standard InChI is InChI=1S/C18H26N2O/c1-13-3-2-4-15(8-5-13)19-16-9-6-14(7-10-16)18(21)20-17-11-12-17/h6-7,9-10,13,15,17,19H,2-5,8,11-12H2,1H3,(H,20,21). The second kappa shape index (κ2) is 6.50. The van der Waals surface area contributed by atoms with E-state index in [1.165, 1.54) is 32.1 Å². The largest absolute Gasteiger partial charge is 0.382 e. The van der Waals surface area contributed by atoms with Crippen molar-refractivity contribution in [1.29, 1.82) is 0 Å². The van der Waals surface area contributed by atoms with Gasteiger partial charge in [-0.15, -0.1) is 0 Å². The Morgan fingerprint density at radius 3 is 2.38 bits per heavy atom. The van der Waals surface area contributed by atoms with Crippen molar-refractivity contribution < 1.29 is 4.79 Å². The molecule has 0 aliphatic heterocycles. The first kappa shape index (κ1) is 14.4. The van der Waals surface area contributed by atoms with Crippen molar-refractivity contribution in [2.45, 2.75) is 64.0 Å². The first-order chi connectivity index (χ1) is 10.2. The molecule has 3 heteroatoms. The molecule has 0 bridgehead atoms. The fraction of sp³-hybridized carbons (Fsp3) is 0.611. The third kappa shape index (κ3) is 4.23. The highest BCUT2D eigenvalue weighted by Gasteiger charge is 2.23. The minimum absolute atomic E-state index is 0.0624. The van der Waals surface area contributed by atoms with Crippen LogP contribution in [0, 0.1) is 5.92 Å². The zero-order chi connectivity index (χ0) is 14.7. The van der Waals surface area contributed by atoms with Gasteiger partial charge in [0.05, 0.1) is 0 Å². The second-order valence-electron chi connectivity index (χ2n) is 6.78. The molecule has 2 fully saturated rings. The number of amides is 1. The summed E-state index contributed by atoms with van der Waals surface area (Å²) in [6.07, 6.45) is 8.77. The average Bonchev–Trinajstić information content (AvgIpc) is 3.30. The molecule has 3 nitrogen and oxygen atoms in total. The van der Waals surface area contributed by atoms with Crippen LogP contribution in [0.15, 0.2) is 24.3 Å². The van der Waals surface area contributed by atoms with Gasteiger partial charge in [0.2, 0.25) is 0 Å². The highest BCUT2D eigenvalue weighted by atomic mass is 16.1. The monoisotopic (exact) mass is 286 g/mol. The molecule has 2 aliphatic rings. The van der Waals surface area contributed by atoms with Crippen molar-refractivity contribution in [3.63, 3.8) is 0 Å². The maximum atomic E-state index is 11.9. The lowest BCUT2D eigenvalue weighted by Gasteiger charge is -2.18. The molecule has 2 N–H and O–H groups in total. The Hall–Kier alpha value is -1.51. The molecule has 0 heterocycles. The van der Waals surface area contributed by atoms with Gasteiger partial charge in [-0.25, -0.2) is 0 Å². The van der Waals surface area contributed by atoms with E-state index in [-0.39, 0.29) is 5.91 Å². The van der Waals surface area contributed by atoms with Gasteiger partial charge in [0.15, 0.2) is 0 Å². The minimum atomic E-state index is 0.0624. The molecule has 2 aliphatic carbocycles. The van der Waals surface area contributed by atoms with E-state index < -0.39 is 0 Å². The predicted molar refractivity (Wildman–Crippen MR) is 86.6 cm³/mol. The summed E-state index contributed by atoms with van der Waals surface area (Å²) in [5.41, 5.74) is 1.90. The van der Waals surface area contributed by atoms with E-state index in [1.807, 2.05) is 24.3 Å². The molecule has 2 unspecified atom stereocenters. The molecule has 2 saturated carbocycles. The summed E-state index contributed by atoms with van der Waals surface area (Å²) in [5.74, 6) is 0.928. The maximum Gasteiger partial charge on any atom is 0.251 e. The maximum absolute atomic E-state index is 11.9. The van der Waals surface area contributed by atoms with Crippen LogP contribution in [0.1, 0.15) is 62.2 Å². The van der Waals surface area contributed by atoms with E-state index in [9.17, 15) is 4.79 Å². The highest BCUT2D eigenvalue weighted by Crippen LogP contribution is 2.25. The van der Waals surface area contributed by atoms with Crippen LogP contribution in [0.3, 0.4) is 0 Å². The van der Waals surface area contributed by atoms with Gasteiger partial charge in [-0.3, -0.25) is 4.79 Å². The molecule has 1 amide bonds. The predicted octanol–water partition coefficient (Wildman–Crippen LogP) is 3.96. The normalized spacial score (nSPS) is 26.0. The molecule has 1 aromatic carbocycles. The Bertz CT molecular complexity index is 478. The summed E-state index contributed by atoms with van der Waals surface area (Å²) < 4.78 is 0. The zero-order valence-electron chi connectivity index (χ0n) is 12.9. The van der Waals surface area contributed by atoms with Gasteiger partial charge in [0.1, 0.15) is 0 Å². The molecular weight excluding hydrogens is 260 g/mol. The Morgan fingerprint density at radius 1 is 0.952 bits per heavy atom. The summed E-state index contributed by atoms with van der Waals surface area (Å²) >= 11 is 0. The van der Waals surface area contributed by atoms with Gasteiger partial charge in [0.25, 0.3) is 5.91 Å². The lowest BCUT2D eigenvalue weighted by Crippen LogP contribution is -2.25. The van der Waals surface area contributed by atoms with Gasteiger partial charge in [-0.2, -0.15) is 0 Å². The number of anilines is 1. The molecule has 3 rings (SSSR count). The molecule has 2 atom stereocenters. The first-order valence-electron chi connectivity index (χ1n) is 8.38. The second-order valence-corrected chi connectivity index (χ2v) is 6.78. The van der Waals surface area contributed by atoms with Gasteiger partial charge >= 0.3 is 0 Å². The molecular formula is C18H26N2O. The van der Waals surface area contributed by atoms with Crippen LogP contribution in [-0.2, 0) is 0 Å². The van der Waals surface area contributed by atoms with E-state index >= 15 is 0 Å². The van der Waals surface area contributed by atoms with Gasteiger partial charge in [-0.1, -0.05) is 19.8 Å². The molecule has 0 aromatic heterocycles. The lowest BCUT2D eigenvalue weighted by molar-refractivity contribution is 0.0951. The average molecular weight is 286 g/mol. The topological polar surface area (TPSA) is 41.1 Å². The Morgan fingerprint density at radius 2 is 1.67 bits per heavy atom. The van der Waals surface area contributed by atoms with Crippen molar-refractivity contribution in [3.8, 4) is 0 Å². The van der Waals surface area contributed by atoms with Gasteiger partial charge in [-0.05, 0) is 62.3 Å². The third-order valence-electron chi connectivity index (χ3n) is 4.69. The van der Waals surface area contributed by atoms with Crippen LogP contribution in [-0.4, -0.2) is 18.0 Å². The minimum Gasteiger partial charge on any atom is -0.382 e. The summed E-state index contributed by atoms with van der Waals surface area (Å²) in [5, 5.41) is 6.65. The fourth-order valence-corrected chi connectivity index (χ4v) is 3.08. The number of rotatable bonds is 4. The van der Waals surface area contributed by atoms with Crippen LogP contribution >= 0.6 is 0 Å². The number of carbonyl (C=O) groups excluding carboxylic acids is 1. The molecule has 1 aromatic rings. The van der Waals surface area contributed by atoms with Crippen molar-refractivity contribution in [1.82, 2.24) is 5.32 Å². The van der Waals surface area contributed by atoms with Crippen molar-refractivity contribution in [2.75, 3.05) is 5.32 Å². The van der Waals surface area contributed by atoms with Crippen molar-refractivity contribution in [2.24, 2.45) is 5.92 Å². The van der Waals surface area contributed by atoms with Crippen LogP contribution in [0.5, 0.6) is 0 Å². The molecule has 21 heavy (non-hydrogen) atoms. The Balaban J connectivity index is 1.54. The van der Waals surface area contributed by atoms with E-state index in [4.69, 9.17) is 0 Å². The van der Waals surface area contributed by atoms with Gasteiger partial charge in [0, 0.05) is 23.3 Å². The van der Waals surface area contributed by atoms with Crippen LogP contribution in [0.25, 0.3) is 0 Å². The molecule has 0 spiro atoms. The van der Waals surface area contributed by atoms with E-state index in [1.54, 1.807) is 0 Å². The first-order valence-corrected chi connectivity index (χ1v) is 8.38. The Labute approximate surface area is 127 Å². The summed E-state index contributed by atoms with van der Waals surface area (Å²) in [6.45, 7) is 2.36. The number of hydrogen-bond acceptors (Lipinski definition) is 2. The number of benzene rings is 1. The van der Waals surface area contributed by atoms with Crippen LogP contribution in [0.4, 0.5) is 5.69 Å². The SMILES string of the molecule is CC1CCCC(Nc2ccc(C(=O)NC3CC3)cc2)CC1. The zero-order valence-corrected chi connectivity index (χ0v) is 12.9. The van der Waals surface area contributed by atoms with E-state index in [2.05, 4.69) is 17.6 Å². The van der Waals surface area contributed by atoms with Crippen LogP contribution < -0.4 is 10.6 Å². The molecule has 0 saturated heterocycles. The van der Waals surface area contributed by atoms with E-state index in [0.29, 0.717) is 12.1 Å². The highest BCUT2D eigenvalue weighted by molar-refractivity contribution is 5.94. The third-order valence-corrected chi connectivity index (χ3v) is 4.69. The molecule has 114 valence electrons. The number of hydrogen-bond donors (Lipinski definition) is 2. The number of nitrogens with one attached hydrogen (secondary N) is 2. The lowest BCUT2D eigenvalue weighted by atomic mass is 10.0. The summed E-state index contributed by atoms with van der Waals surface area (Å²) in [7, 11) is 0. The summed E-state index contributed by atoms with van der Waals surface area (Å²) in [6, 6.07) is 8.94. The van der Waals surface area contributed by atoms with Gasteiger partial charge < -0.3 is 10.6 Å².